The second-order valence-electron chi connectivity index (χ2n) is 9.26. The van der Waals surface area contributed by atoms with Crippen molar-refractivity contribution in [1.29, 1.82) is 0 Å². The Morgan fingerprint density at radius 3 is 2.47 bits per heavy atom. The number of amides is 1. The summed E-state index contributed by atoms with van der Waals surface area (Å²) in [5, 5.41) is 9.43. The summed E-state index contributed by atoms with van der Waals surface area (Å²) in [6.07, 6.45) is -3.37. The molecule has 3 N–H and O–H groups in total. The molecule has 0 bridgehead atoms. The third-order valence-electron chi connectivity index (χ3n) is 6.26. The summed E-state index contributed by atoms with van der Waals surface area (Å²) in [7, 11) is 4.02. The van der Waals surface area contributed by atoms with Crippen molar-refractivity contribution in [1.82, 2.24) is 30.1 Å². The molecule has 0 unspecified atom stereocenters. The van der Waals surface area contributed by atoms with Gasteiger partial charge in [-0.15, -0.1) is 0 Å². The molecule has 2 aromatic rings. The number of hydrogen-bond acceptors (Lipinski definition) is 10. The zero-order chi connectivity index (χ0) is 25.9. The van der Waals surface area contributed by atoms with E-state index in [0.717, 1.165) is 55.5 Å². The smallest absolute Gasteiger partial charge is 0.369 e. The summed E-state index contributed by atoms with van der Waals surface area (Å²) in [6, 6.07) is 0. The molecule has 0 aromatic carbocycles. The van der Waals surface area contributed by atoms with Crippen LogP contribution in [-0.4, -0.2) is 97.1 Å². The highest BCUT2D eigenvalue weighted by molar-refractivity contribution is 7.16. The highest BCUT2D eigenvalue weighted by atomic mass is 32.1. The number of likely N-dealkylation sites (N-methyl/N-ethyl adjacent to an activating group) is 1. The van der Waals surface area contributed by atoms with E-state index >= 15 is 0 Å². The maximum absolute atomic E-state index is 13.5. The minimum Gasteiger partial charge on any atom is -0.369 e. The monoisotopic (exact) mass is 527 g/mol. The normalized spacial score (nSPS) is 17.7. The molecular formula is C22H32F3N9OS. The topological polar surface area (TPSA) is 102 Å². The second-order valence-corrected chi connectivity index (χ2v) is 10.4. The van der Waals surface area contributed by atoms with E-state index in [2.05, 4.69) is 47.7 Å². The van der Waals surface area contributed by atoms with Gasteiger partial charge in [0.2, 0.25) is 11.9 Å². The van der Waals surface area contributed by atoms with E-state index < -0.39 is 11.7 Å². The fourth-order valence-electron chi connectivity index (χ4n) is 4.04. The fourth-order valence-corrected chi connectivity index (χ4v) is 4.95. The molecule has 0 radical (unpaired) electrons. The number of likely N-dealkylation sites (tertiary alicyclic amines) is 1. The first kappa shape index (κ1) is 26.4. The van der Waals surface area contributed by atoms with Crippen LogP contribution < -0.4 is 20.9 Å². The number of carbonyl (C=O) groups is 1. The minimum absolute atomic E-state index is 0.0128. The molecule has 36 heavy (non-hydrogen) atoms. The van der Waals surface area contributed by atoms with Gasteiger partial charge < -0.3 is 30.7 Å². The average molecular weight is 528 g/mol. The van der Waals surface area contributed by atoms with Crippen molar-refractivity contribution in [3.05, 3.63) is 16.6 Å². The Balaban J connectivity index is 1.36. The first-order chi connectivity index (χ1) is 17.1. The highest BCUT2D eigenvalue weighted by Crippen LogP contribution is 2.35. The van der Waals surface area contributed by atoms with Crippen LogP contribution >= 0.6 is 11.3 Å². The number of aryl methyl sites for hydroxylation is 1. The first-order valence-corrected chi connectivity index (χ1v) is 12.7. The molecule has 198 valence electrons. The molecule has 1 amide bonds. The fraction of sp³-hybridized carbons (Fsp3) is 0.636. The number of piperazine rings is 1. The summed E-state index contributed by atoms with van der Waals surface area (Å²) in [4.78, 5) is 32.0. The third-order valence-corrected chi connectivity index (χ3v) is 7.30. The highest BCUT2D eigenvalue weighted by Gasteiger charge is 2.35. The van der Waals surface area contributed by atoms with Crippen molar-refractivity contribution in [3.63, 3.8) is 0 Å². The summed E-state index contributed by atoms with van der Waals surface area (Å²) >= 11 is 1.53. The van der Waals surface area contributed by atoms with Crippen molar-refractivity contribution in [3.8, 4) is 0 Å². The zero-order valence-electron chi connectivity index (χ0n) is 20.7. The van der Waals surface area contributed by atoms with Gasteiger partial charge in [0.25, 0.3) is 0 Å². The van der Waals surface area contributed by atoms with Crippen LogP contribution in [0.25, 0.3) is 0 Å². The largest absolute Gasteiger partial charge is 0.421 e. The molecule has 2 fully saturated rings. The number of carbonyl (C=O) groups excluding carboxylic acids is 1. The predicted octanol–water partition coefficient (Wildman–Crippen LogP) is 2.24. The van der Waals surface area contributed by atoms with Gasteiger partial charge in [-0.2, -0.15) is 18.2 Å². The van der Waals surface area contributed by atoms with E-state index in [9.17, 15) is 18.0 Å². The molecule has 0 atom stereocenters. The van der Waals surface area contributed by atoms with Crippen LogP contribution in [0.5, 0.6) is 0 Å². The number of nitrogens with zero attached hydrogens (tertiary/aromatic N) is 6. The summed E-state index contributed by atoms with van der Waals surface area (Å²) < 4.78 is 40.6. The van der Waals surface area contributed by atoms with Crippen LogP contribution in [0.2, 0.25) is 0 Å². The van der Waals surface area contributed by atoms with Gasteiger partial charge in [-0.3, -0.25) is 4.79 Å². The van der Waals surface area contributed by atoms with Gasteiger partial charge in [0.15, 0.2) is 5.13 Å². The summed E-state index contributed by atoms with van der Waals surface area (Å²) in [5.41, 5.74) is -0.942. The SMILES string of the molecule is Cc1sc(N2CCN(C)CC2)nc1Nc1ncc(C(F)(F)F)c(NCCCNC(=O)C2CN(C)C2)n1. The second kappa shape index (κ2) is 11.1. The lowest BCUT2D eigenvalue weighted by molar-refractivity contribution is -0.137. The van der Waals surface area contributed by atoms with Gasteiger partial charge in [0, 0.05) is 63.4 Å². The number of alkyl halides is 3. The van der Waals surface area contributed by atoms with E-state index in [4.69, 9.17) is 0 Å². The van der Waals surface area contributed by atoms with Crippen LogP contribution in [0, 0.1) is 12.8 Å². The van der Waals surface area contributed by atoms with Gasteiger partial charge in [-0.1, -0.05) is 11.3 Å². The van der Waals surface area contributed by atoms with Crippen LogP contribution in [0.4, 0.5) is 35.9 Å². The Hall–Kier alpha value is -2.71. The number of nitrogens with one attached hydrogen (secondary N) is 3. The van der Waals surface area contributed by atoms with Crippen molar-refractivity contribution < 1.29 is 18.0 Å². The van der Waals surface area contributed by atoms with E-state index in [-0.39, 0.29) is 30.1 Å². The molecule has 10 nitrogen and oxygen atoms in total. The molecule has 2 aromatic heterocycles. The van der Waals surface area contributed by atoms with Gasteiger partial charge in [0.1, 0.15) is 17.2 Å². The maximum Gasteiger partial charge on any atom is 0.421 e. The molecule has 2 saturated heterocycles. The van der Waals surface area contributed by atoms with Gasteiger partial charge in [0.05, 0.1) is 5.92 Å². The number of halogens is 3. The molecular weight excluding hydrogens is 495 g/mol. The van der Waals surface area contributed by atoms with Gasteiger partial charge in [-0.25, -0.2) is 9.97 Å². The van der Waals surface area contributed by atoms with Crippen molar-refractivity contribution in [2.24, 2.45) is 5.92 Å². The summed E-state index contributed by atoms with van der Waals surface area (Å²) in [5.74, 6) is 0.225. The number of hydrogen-bond donors (Lipinski definition) is 3. The lowest BCUT2D eigenvalue weighted by atomic mass is 10.0. The number of rotatable bonds is 9. The Labute approximate surface area is 212 Å². The quantitative estimate of drug-likeness (QED) is 0.424. The Morgan fingerprint density at radius 2 is 1.81 bits per heavy atom. The summed E-state index contributed by atoms with van der Waals surface area (Å²) in [6.45, 7) is 7.57. The molecule has 0 aliphatic carbocycles. The molecule has 0 saturated carbocycles. The Bertz CT molecular complexity index is 1050. The molecule has 2 aliphatic rings. The Morgan fingerprint density at radius 1 is 1.08 bits per heavy atom. The van der Waals surface area contributed by atoms with E-state index in [1.54, 1.807) is 0 Å². The van der Waals surface area contributed by atoms with Crippen LogP contribution in [-0.2, 0) is 11.0 Å². The van der Waals surface area contributed by atoms with Crippen molar-refractivity contribution >= 4 is 40.0 Å². The average Bonchev–Trinajstić information content (AvgIpc) is 3.16. The first-order valence-electron chi connectivity index (χ1n) is 11.9. The van der Waals surface area contributed by atoms with Gasteiger partial charge in [-0.05, 0) is 27.4 Å². The van der Waals surface area contributed by atoms with E-state index in [0.29, 0.717) is 18.8 Å². The van der Waals surface area contributed by atoms with Crippen molar-refractivity contribution in [2.75, 3.05) is 82.0 Å². The van der Waals surface area contributed by atoms with E-state index in [1.165, 1.54) is 11.3 Å². The van der Waals surface area contributed by atoms with Crippen LogP contribution in [0.3, 0.4) is 0 Å². The Kier molecular flexibility index (Phi) is 8.15. The van der Waals surface area contributed by atoms with Crippen molar-refractivity contribution in [2.45, 2.75) is 19.5 Å². The minimum atomic E-state index is -4.60. The third kappa shape index (κ3) is 6.53. The molecule has 0 spiro atoms. The lowest BCUT2D eigenvalue weighted by Gasteiger charge is -2.34. The molecule has 2 aliphatic heterocycles. The molecule has 14 heteroatoms. The predicted molar refractivity (Wildman–Crippen MR) is 134 cm³/mol. The van der Waals surface area contributed by atoms with Gasteiger partial charge >= 0.3 is 6.18 Å². The number of thiazole rings is 1. The molecule has 4 heterocycles. The van der Waals surface area contributed by atoms with E-state index in [1.807, 2.05) is 18.9 Å². The van der Waals surface area contributed by atoms with Crippen LogP contribution in [0.15, 0.2) is 6.20 Å². The standard InChI is InChI=1S/C22H32F3N9OS/c1-14-17(31-21(36-14)34-9-7-32(2)8-10-34)29-20-28-11-16(22(23,24)25)18(30-20)26-5-4-6-27-19(35)15-12-33(3)13-15/h11,15H,4-10,12-13H2,1-3H3,(H,27,35)(H2,26,28,29,30). The lowest BCUT2D eigenvalue weighted by Crippen LogP contribution is -2.51. The van der Waals surface area contributed by atoms with Crippen LogP contribution in [0.1, 0.15) is 16.9 Å². The number of aromatic nitrogens is 3. The molecule has 4 rings (SSSR count). The number of anilines is 4. The zero-order valence-corrected chi connectivity index (χ0v) is 21.5. The maximum atomic E-state index is 13.5.